The predicted molar refractivity (Wildman–Crippen MR) is 72.3 cm³/mol. The van der Waals surface area contributed by atoms with Crippen LogP contribution in [0.2, 0.25) is 0 Å². The lowest BCUT2D eigenvalue weighted by atomic mass is 9.99. The molecule has 0 saturated carbocycles. The van der Waals surface area contributed by atoms with Gasteiger partial charge in [0.25, 0.3) is 0 Å². The summed E-state index contributed by atoms with van der Waals surface area (Å²) in [6.07, 6.45) is -5.75. The van der Waals surface area contributed by atoms with E-state index in [9.17, 15) is 18.3 Å². The fourth-order valence-electron chi connectivity index (χ4n) is 1.82. The molecule has 2 rings (SSSR count). The van der Waals surface area contributed by atoms with Crippen LogP contribution in [0.3, 0.4) is 0 Å². The highest BCUT2D eigenvalue weighted by Crippen LogP contribution is 2.39. The Morgan fingerprint density at radius 1 is 1.26 bits per heavy atom. The van der Waals surface area contributed by atoms with Gasteiger partial charge in [-0.3, -0.25) is 0 Å². The highest BCUT2D eigenvalue weighted by molar-refractivity contribution is 9.10. The minimum absolute atomic E-state index is 0.124. The fourth-order valence-corrected chi connectivity index (χ4v) is 3.11. The molecule has 0 aliphatic rings. The molecule has 2 aromatic rings. The van der Waals surface area contributed by atoms with Crippen LogP contribution < -0.4 is 0 Å². The Morgan fingerprint density at radius 3 is 2.47 bits per heavy atom. The summed E-state index contributed by atoms with van der Waals surface area (Å²) >= 11 is 4.27. The van der Waals surface area contributed by atoms with E-state index in [1.54, 1.807) is 18.4 Å². The van der Waals surface area contributed by atoms with Gasteiger partial charge in [0.1, 0.15) is 6.10 Å². The Labute approximate surface area is 120 Å². The van der Waals surface area contributed by atoms with Gasteiger partial charge >= 0.3 is 6.18 Å². The van der Waals surface area contributed by atoms with E-state index in [1.807, 2.05) is 0 Å². The van der Waals surface area contributed by atoms with Crippen LogP contribution in [0.1, 0.15) is 27.7 Å². The maximum absolute atomic E-state index is 13.0. The largest absolute Gasteiger partial charge is 0.416 e. The normalized spacial score (nSPS) is 13.6. The Hall–Kier alpha value is -0.850. The van der Waals surface area contributed by atoms with Gasteiger partial charge in [-0.05, 0) is 41.6 Å². The van der Waals surface area contributed by atoms with E-state index < -0.39 is 17.8 Å². The molecular weight excluding hydrogens is 341 g/mol. The Balaban J connectivity index is 2.54. The third kappa shape index (κ3) is 3.01. The number of benzene rings is 1. The van der Waals surface area contributed by atoms with Gasteiger partial charge in [-0.2, -0.15) is 13.2 Å². The minimum Gasteiger partial charge on any atom is -0.383 e. The van der Waals surface area contributed by atoms with Crippen molar-refractivity contribution in [2.45, 2.75) is 19.2 Å². The van der Waals surface area contributed by atoms with Crippen LogP contribution in [0.4, 0.5) is 13.2 Å². The van der Waals surface area contributed by atoms with Gasteiger partial charge in [-0.25, -0.2) is 0 Å². The highest BCUT2D eigenvalue weighted by Gasteiger charge is 2.35. The zero-order chi connectivity index (χ0) is 14.2. The summed E-state index contributed by atoms with van der Waals surface area (Å²) in [5.41, 5.74) is -0.156. The third-order valence-corrected chi connectivity index (χ3v) is 4.33. The summed E-state index contributed by atoms with van der Waals surface area (Å²) in [7, 11) is 0. The van der Waals surface area contributed by atoms with Gasteiger partial charge < -0.3 is 5.11 Å². The van der Waals surface area contributed by atoms with Gasteiger partial charge in [0, 0.05) is 9.35 Å². The van der Waals surface area contributed by atoms with Crippen LogP contribution in [0.15, 0.2) is 34.1 Å². The van der Waals surface area contributed by atoms with Crippen molar-refractivity contribution in [2.24, 2.45) is 0 Å². The molecule has 0 fully saturated rings. The second-order valence-corrected chi connectivity index (χ2v) is 5.96. The Kier molecular flexibility index (Phi) is 4.03. The number of aliphatic hydroxyl groups excluding tert-OH is 1. The summed E-state index contributed by atoms with van der Waals surface area (Å²) in [5, 5.41) is 11.9. The first-order valence-corrected chi connectivity index (χ1v) is 7.06. The molecule has 0 amide bonds. The molecule has 0 bridgehead atoms. The topological polar surface area (TPSA) is 20.2 Å². The second kappa shape index (κ2) is 5.26. The molecule has 1 heterocycles. The lowest BCUT2D eigenvalue weighted by Crippen LogP contribution is -2.12. The monoisotopic (exact) mass is 350 g/mol. The SMILES string of the molecule is Cc1ccsc1C(O)c1ccc(Br)cc1C(F)(F)F. The van der Waals surface area contributed by atoms with Crippen molar-refractivity contribution in [3.63, 3.8) is 0 Å². The summed E-state index contributed by atoms with van der Waals surface area (Å²) in [5.74, 6) is 0. The molecule has 1 aromatic heterocycles. The van der Waals surface area contributed by atoms with E-state index in [0.29, 0.717) is 9.35 Å². The number of hydrogen-bond acceptors (Lipinski definition) is 2. The standard InChI is InChI=1S/C13H10BrF3OS/c1-7-4-5-19-12(7)11(18)9-3-2-8(14)6-10(9)13(15,16)17/h2-6,11,18H,1H3. The van der Waals surface area contributed by atoms with Gasteiger partial charge in [-0.15, -0.1) is 11.3 Å². The molecular formula is C13H10BrF3OS. The number of aryl methyl sites for hydroxylation is 1. The van der Waals surface area contributed by atoms with Crippen LogP contribution in [0.25, 0.3) is 0 Å². The van der Waals surface area contributed by atoms with Crippen LogP contribution in [0.5, 0.6) is 0 Å². The van der Waals surface area contributed by atoms with Crippen LogP contribution >= 0.6 is 27.3 Å². The van der Waals surface area contributed by atoms with E-state index in [-0.39, 0.29) is 5.56 Å². The molecule has 0 spiro atoms. The molecule has 0 aliphatic heterocycles. The van der Waals surface area contributed by atoms with Crippen LogP contribution in [-0.4, -0.2) is 5.11 Å². The van der Waals surface area contributed by atoms with Gasteiger partial charge in [0.05, 0.1) is 5.56 Å². The molecule has 6 heteroatoms. The van der Waals surface area contributed by atoms with E-state index in [0.717, 1.165) is 11.6 Å². The zero-order valence-electron chi connectivity index (χ0n) is 9.83. The minimum atomic E-state index is -4.49. The number of halogens is 4. The average molecular weight is 351 g/mol. The van der Waals surface area contributed by atoms with Gasteiger partial charge in [0.15, 0.2) is 0 Å². The summed E-state index contributed by atoms with van der Waals surface area (Å²) in [6, 6.07) is 5.56. The summed E-state index contributed by atoms with van der Waals surface area (Å²) in [6.45, 7) is 1.77. The lowest BCUT2D eigenvalue weighted by Gasteiger charge is -2.17. The number of hydrogen-bond donors (Lipinski definition) is 1. The molecule has 1 aromatic carbocycles. The predicted octanol–water partition coefficient (Wildman–Crippen LogP) is 4.92. The molecule has 1 unspecified atom stereocenters. The molecule has 0 saturated heterocycles. The van der Waals surface area contributed by atoms with Crippen molar-refractivity contribution < 1.29 is 18.3 Å². The molecule has 0 aliphatic carbocycles. The van der Waals surface area contributed by atoms with Crippen molar-refractivity contribution in [1.29, 1.82) is 0 Å². The fraction of sp³-hybridized carbons (Fsp3) is 0.231. The van der Waals surface area contributed by atoms with E-state index >= 15 is 0 Å². The summed E-state index contributed by atoms with van der Waals surface area (Å²) in [4.78, 5) is 0.535. The van der Waals surface area contributed by atoms with Crippen LogP contribution in [-0.2, 0) is 6.18 Å². The van der Waals surface area contributed by atoms with Gasteiger partial charge in [-0.1, -0.05) is 22.0 Å². The third-order valence-electron chi connectivity index (χ3n) is 2.77. The quantitative estimate of drug-likeness (QED) is 0.814. The zero-order valence-corrected chi connectivity index (χ0v) is 12.2. The first-order valence-electron chi connectivity index (χ1n) is 5.39. The molecule has 1 N–H and O–H groups in total. The van der Waals surface area contributed by atoms with Crippen molar-refractivity contribution in [2.75, 3.05) is 0 Å². The van der Waals surface area contributed by atoms with Crippen molar-refractivity contribution >= 4 is 27.3 Å². The van der Waals surface area contributed by atoms with Crippen molar-refractivity contribution in [1.82, 2.24) is 0 Å². The van der Waals surface area contributed by atoms with Crippen molar-refractivity contribution in [3.8, 4) is 0 Å². The van der Waals surface area contributed by atoms with E-state index in [4.69, 9.17) is 0 Å². The lowest BCUT2D eigenvalue weighted by molar-refractivity contribution is -0.139. The number of thiophene rings is 1. The second-order valence-electron chi connectivity index (χ2n) is 4.10. The first kappa shape index (κ1) is 14.6. The van der Waals surface area contributed by atoms with E-state index in [1.165, 1.54) is 23.5 Å². The molecule has 102 valence electrons. The smallest absolute Gasteiger partial charge is 0.383 e. The Bertz CT molecular complexity index is 592. The van der Waals surface area contributed by atoms with Crippen molar-refractivity contribution in [3.05, 3.63) is 55.7 Å². The number of rotatable bonds is 2. The molecule has 19 heavy (non-hydrogen) atoms. The average Bonchev–Trinajstić information content (AvgIpc) is 2.73. The summed E-state index contributed by atoms with van der Waals surface area (Å²) < 4.78 is 39.3. The first-order chi connectivity index (χ1) is 8.80. The molecule has 0 radical (unpaired) electrons. The van der Waals surface area contributed by atoms with Gasteiger partial charge in [0.2, 0.25) is 0 Å². The maximum Gasteiger partial charge on any atom is 0.416 e. The highest BCUT2D eigenvalue weighted by atomic mass is 79.9. The number of alkyl halides is 3. The van der Waals surface area contributed by atoms with E-state index in [2.05, 4.69) is 15.9 Å². The maximum atomic E-state index is 13.0. The molecule has 1 atom stereocenters. The molecule has 1 nitrogen and oxygen atoms in total. The number of aliphatic hydroxyl groups is 1. The Morgan fingerprint density at radius 2 is 1.95 bits per heavy atom. The van der Waals surface area contributed by atoms with Crippen LogP contribution in [0, 0.1) is 6.92 Å².